The van der Waals surface area contributed by atoms with Gasteiger partial charge in [-0.3, -0.25) is 0 Å². The lowest BCUT2D eigenvalue weighted by Gasteiger charge is -2.27. The Morgan fingerprint density at radius 1 is 1.08 bits per heavy atom. The number of para-hydroxylation sites is 1. The standard InChI is InChI=1S/C19H21Cl2NO3/c1-14(22-2)17(15-9-5-3-6-10-15)25-18(23)19(20,21)13-24-16-11-7-4-8-12-16/h3-12,14,17,22H,13H2,1-2H3. The van der Waals surface area contributed by atoms with Crippen LogP contribution in [0.5, 0.6) is 5.75 Å². The Labute approximate surface area is 158 Å². The molecule has 0 aliphatic carbocycles. The van der Waals surface area contributed by atoms with Crippen molar-refractivity contribution in [1.82, 2.24) is 5.32 Å². The van der Waals surface area contributed by atoms with E-state index in [0.29, 0.717) is 5.75 Å². The summed E-state index contributed by atoms with van der Waals surface area (Å²) in [6.07, 6.45) is -0.521. The quantitative estimate of drug-likeness (QED) is 0.551. The molecule has 4 nitrogen and oxygen atoms in total. The minimum absolute atomic E-state index is 0.120. The maximum Gasteiger partial charge on any atom is 0.346 e. The van der Waals surface area contributed by atoms with Gasteiger partial charge in [-0.1, -0.05) is 71.7 Å². The summed E-state index contributed by atoms with van der Waals surface area (Å²) >= 11 is 12.3. The van der Waals surface area contributed by atoms with E-state index in [2.05, 4.69) is 5.32 Å². The van der Waals surface area contributed by atoms with Crippen LogP contribution in [0.25, 0.3) is 0 Å². The van der Waals surface area contributed by atoms with Crippen molar-refractivity contribution < 1.29 is 14.3 Å². The summed E-state index contributed by atoms with van der Waals surface area (Å²) in [4.78, 5) is 12.5. The van der Waals surface area contributed by atoms with Gasteiger partial charge in [0.25, 0.3) is 0 Å². The molecule has 2 aromatic carbocycles. The van der Waals surface area contributed by atoms with Crippen LogP contribution in [-0.4, -0.2) is 30.0 Å². The molecule has 0 heterocycles. The molecule has 0 bridgehead atoms. The van der Waals surface area contributed by atoms with E-state index in [1.165, 1.54) is 0 Å². The molecule has 0 saturated carbocycles. The van der Waals surface area contributed by atoms with E-state index in [4.69, 9.17) is 32.7 Å². The number of benzene rings is 2. The second kappa shape index (κ2) is 9.09. The number of hydrogen-bond donors (Lipinski definition) is 1. The fourth-order valence-corrected chi connectivity index (χ4v) is 2.40. The number of rotatable bonds is 8. The van der Waals surface area contributed by atoms with Crippen LogP contribution < -0.4 is 10.1 Å². The highest BCUT2D eigenvalue weighted by Crippen LogP contribution is 2.29. The molecule has 0 amide bonds. The normalized spacial score (nSPS) is 13.8. The van der Waals surface area contributed by atoms with E-state index in [9.17, 15) is 4.79 Å². The molecular formula is C19H21Cl2NO3. The van der Waals surface area contributed by atoms with Crippen molar-refractivity contribution in [3.63, 3.8) is 0 Å². The Morgan fingerprint density at radius 3 is 2.20 bits per heavy atom. The second-order valence-electron chi connectivity index (χ2n) is 5.62. The second-order valence-corrected chi connectivity index (χ2v) is 7.10. The van der Waals surface area contributed by atoms with Crippen molar-refractivity contribution in [2.75, 3.05) is 13.7 Å². The van der Waals surface area contributed by atoms with Gasteiger partial charge in [0.1, 0.15) is 18.5 Å². The molecule has 2 aromatic rings. The van der Waals surface area contributed by atoms with Gasteiger partial charge in [0, 0.05) is 6.04 Å². The molecule has 0 spiro atoms. The van der Waals surface area contributed by atoms with Crippen molar-refractivity contribution >= 4 is 29.2 Å². The molecule has 2 rings (SSSR count). The average molecular weight is 382 g/mol. The first-order chi connectivity index (χ1) is 11.9. The van der Waals surface area contributed by atoms with Crippen molar-refractivity contribution in [3.05, 3.63) is 66.2 Å². The third kappa shape index (κ3) is 5.63. The summed E-state index contributed by atoms with van der Waals surface area (Å²) in [5, 5.41) is 3.08. The van der Waals surface area contributed by atoms with Crippen LogP contribution in [-0.2, 0) is 9.53 Å². The van der Waals surface area contributed by atoms with Gasteiger partial charge < -0.3 is 14.8 Å². The monoisotopic (exact) mass is 381 g/mol. The molecular weight excluding hydrogens is 361 g/mol. The van der Waals surface area contributed by atoms with Crippen molar-refractivity contribution in [2.45, 2.75) is 23.4 Å². The van der Waals surface area contributed by atoms with Gasteiger partial charge in [0.05, 0.1) is 0 Å². The first-order valence-corrected chi connectivity index (χ1v) is 8.68. The number of hydrogen-bond acceptors (Lipinski definition) is 4. The zero-order valence-corrected chi connectivity index (χ0v) is 15.6. The van der Waals surface area contributed by atoms with Gasteiger partial charge in [-0.15, -0.1) is 0 Å². The number of likely N-dealkylation sites (N-methyl/N-ethyl adjacent to an activating group) is 1. The first-order valence-electron chi connectivity index (χ1n) is 7.93. The molecule has 25 heavy (non-hydrogen) atoms. The minimum atomic E-state index is -1.81. The van der Waals surface area contributed by atoms with Crippen LogP contribution >= 0.6 is 23.2 Å². The number of carbonyl (C=O) groups is 1. The molecule has 6 heteroatoms. The Bertz CT molecular complexity index is 665. The lowest BCUT2D eigenvalue weighted by molar-refractivity contribution is -0.152. The topological polar surface area (TPSA) is 47.6 Å². The largest absolute Gasteiger partial charge is 0.490 e. The summed E-state index contributed by atoms with van der Waals surface area (Å²) in [7, 11) is 1.79. The van der Waals surface area contributed by atoms with E-state index in [1.807, 2.05) is 55.5 Å². The molecule has 0 fully saturated rings. The molecule has 2 unspecified atom stereocenters. The average Bonchev–Trinajstić information content (AvgIpc) is 2.65. The molecule has 0 aliphatic rings. The highest BCUT2D eigenvalue weighted by Gasteiger charge is 2.39. The fourth-order valence-electron chi connectivity index (χ4n) is 2.20. The number of esters is 1. The van der Waals surface area contributed by atoms with E-state index in [0.717, 1.165) is 5.56 Å². The molecule has 1 N–H and O–H groups in total. The predicted octanol–water partition coefficient (Wildman–Crippen LogP) is 4.13. The van der Waals surface area contributed by atoms with Crippen molar-refractivity contribution in [2.24, 2.45) is 0 Å². The van der Waals surface area contributed by atoms with E-state index < -0.39 is 16.4 Å². The minimum Gasteiger partial charge on any atom is -0.490 e. The highest BCUT2D eigenvalue weighted by molar-refractivity contribution is 6.57. The van der Waals surface area contributed by atoms with E-state index in [-0.39, 0.29) is 12.6 Å². The SMILES string of the molecule is CNC(C)C(OC(=O)C(Cl)(Cl)COc1ccccc1)c1ccccc1. The molecule has 2 atom stereocenters. The third-order valence-corrected chi connectivity index (χ3v) is 4.26. The van der Waals surface area contributed by atoms with Crippen LogP contribution in [0.1, 0.15) is 18.6 Å². The molecule has 134 valence electrons. The third-order valence-electron chi connectivity index (χ3n) is 3.73. The van der Waals surface area contributed by atoms with Gasteiger partial charge in [0.2, 0.25) is 4.33 Å². The summed E-state index contributed by atoms with van der Waals surface area (Å²) in [6, 6.07) is 18.3. The number of carbonyl (C=O) groups excluding carboxylic acids is 1. The summed E-state index contributed by atoms with van der Waals surface area (Å²) in [5.41, 5.74) is 0.853. The summed E-state index contributed by atoms with van der Waals surface area (Å²) in [6.45, 7) is 1.70. The van der Waals surface area contributed by atoms with Crippen LogP contribution in [0.15, 0.2) is 60.7 Å². The molecule has 0 aromatic heterocycles. The van der Waals surface area contributed by atoms with Crippen molar-refractivity contribution in [3.8, 4) is 5.75 Å². The lowest BCUT2D eigenvalue weighted by atomic mass is 10.0. The Kier molecular flexibility index (Phi) is 7.12. The zero-order valence-electron chi connectivity index (χ0n) is 14.1. The predicted molar refractivity (Wildman–Crippen MR) is 100 cm³/mol. The smallest absolute Gasteiger partial charge is 0.346 e. The Hall–Kier alpha value is -1.75. The number of halogens is 2. The van der Waals surface area contributed by atoms with Gasteiger partial charge >= 0.3 is 5.97 Å². The molecule has 0 saturated heterocycles. The van der Waals surface area contributed by atoms with Gasteiger partial charge in [-0.25, -0.2) is 4.79 Å². The maximum absolute atomic E-state index is 12.5. The van der Waals surface area contributed by atoms with Gasteiger partial charge in [-0.2, -0.15) is 0 Å². The number of ether oxygens (including phenoxy) is 2. The van der Waals surface area contributed by atoms with Crippen LogP contribution in [0.4, 0.5) is 0 Å². The van der Waals surface area contributed by atoms with E-state index >= 15 is 0 Å². The highest BCUT2D eigenvalue weighted by atomic mass is 35.5. The fraction of sp³-hybridized carbons (Fsp3) is 0.316. The van der Waals surface area contributed by atoms with Crippen LogP contribution in [0, 0.1) is 0 Å². The first kappa shape index (κ1) is 19.6. The number of nitrogens with one attached hydrogen (secondary N) is 1. The van der Waals surface area contributed by atoms with Gasteiger partial charge in [-0.05, 0) is 31.7 Å². The van der Waals surface area contributed by atoms with Crippen molar-refractivity contribution in [1.29, 1.82) is 0 Å². The van der Waals surface area contributed by atoms with Gasteiger partial charge in [0.15, 0.2) is 0 Å². The Balaban J connectivity index is 2.05. The zero-order chi connectivity index (χ0) is 18.3. The summed E-state index contributed by atoms with van der Waals surface area (Å²) < 4.78 is 9.27. The molecule has 0 aliphatic heterocycles. The summed E-state index contributed by atoms with van der Waals surface area (Å²) in [5.74, 6) is -0.174. The van der Waals surface area contributed by atoms with Crippen LogP contribution in [0.3, 0.4) is 0 Å². The van der Waals surface area contributed by atoms with E-state index in [1.54, 1.807) is 19.2 Å². The molecule has 0 radical (unpaired) electrons. The maximum atomic E-state index is 12.5. The lowest BCUT2D eigenvalue weighted by Crippen LogP contribution is -2.39. The number of alkyl halides is 2. The van der Waals surface area contributed by atoms with Crippen LogP contribution in [0.2, 0.25) is 0 Å². The Morgan fingerprint density at radius 2 is 1.64 bits per heavy atom.